The van der Waals surface area contributed by atoms with E-state index in [9.17, 15) is 14.7 Å². The largest absolute Gasteiger partial charge is 0.460 e. The van der Waals surface area contributed by atoms with E-state index in [1.807, 2.05) is 6.92 Å². The lowest BCUT2D eigenvalue weighted by Crippen LogP contribution is -2.66. The monoisotopic (exact) mass is 502 g/mol. The van der Waals surface area contributed by atoms with Crippen LogP contribution in [-0.4, -0.2) is 60.3 Å². The predicted octanol–water partition coefficient (Wildman–Crippen LogP) is 4.56. The summed E-state index contributed by atoms with van der Waals surface area (Å²) >= 11 is 0. The van der Waals surface area contributed by atoms with Gasteiger partial charge in [0.1, 0.15) is 6.10 Å². The maximum absolute atomic E-state index is 12.7. The lowest BCUT2D eigenvalue weighted by atomic mass is 9.43. The highest BCUT2D eigenvalue weighted by molar-refractivity contribution is 5.93. The number of allylic oxidation sites excluding steroid dienone is 1. The van der Waals surface area contributed by atoms with Crippen molar-refractivity contribution in [2.75, 3.05) is 14.1 Å². The molecule has 4 saturated carbocycles. The van der Waals surface area contributed by atoms with Gasteiger partial charge in [-0.1, -0.05) is 19.9 Å². The molecule has 0 heterocycles. The zero-order chi connectivity index (χ0) is 26.6. The number of nitrogens with one attached hydrogen (secondary N) is 1. The minimum Gasteiger partial charge on any atom is -0.460 e. The van der Waals surface area contributed by atoms with Crippen LogP contribution in [0.5, 0.6) is 0 Å². The number of carbonyl (C=O) groups is 2. The van der Waals surface area contributed by atoms with E-state index < -0.39 is 18.2 Å². The molecule has 2 N–H and O–H groups in total. The third-order valence-corrected chi connectivity index (χ3v) is 11.6. The summed E-state index contributed by atoms with van der Waals surface area (Å²) in [5.74, 6) is 2.18. The van der Waals surface area contributed by atoms with E-state index in [1.54, 1.807) is 13.0 Å². The van der Waals surface area contributed by atoms with Gasteiger partial charge in [0.15, 0.2) is 0 Å². The number of esters is 1. The summed E-state index contributed by atoms with van der Waals surface area (Å²) in [4.78, 5) is 27.2. The summed E-state index contributed by atoms with van der Waals surface area (Å²) in [5.41, 5.74) is 0.874. The molecule has 0 radical (unpaired) electrons. The van der Waals surface area contributed by atoms with Crippen LogP contribution >= 0.6 is 0 Å². The number of amides is 1. The molecule has 36 heavy (non-hydrogen) atoms. The lowest BCUT2D eigenvalue weighted by Gasteiger charge is -2.63. The van der Waals surface area contributed by atoms with Crippen molar-refractivity contribution in [2.24, 2.45) is 40.4 Å². The molecule has 6 nitrogen and oxygen atoms in total. The molecule has 0 aliphatic heterocycles. The number of rotatable bonds is 5. The van der Waals surface area contributed by atoms with Crippen molar-refractivity contribution in [2.45, 2.75) is 111 Å². The number of carbonyl (C=O) groups excluding carboxylic acids is 2. The summed E-state index contributed by atoms with van der Waals surface area (Å²) in [6, 6.07) is 0.00917. The highest BCUT2D eigenvalue weighted by Gasteiger charge is 2.64. The molecule has 4 fully saturated rings. The summed E-state index contributed by atoms with van der Waals surface area (Å²) < 4.78 is 5.83. The zero-order valence-corrected chi connectivity index (χ0v) is 23.8. The molecule has 6 heteroatoms. The van der Waals surface area contributed by atoms with Crippen molar-refractivity contribution in [3.05, 3.63) is 11.6 Å². The van der Waals surface area contributed by atoms with E-state index in [0.29, 0.717) is 35.3 Å². The Labute approximate surface area is 218 Å². The Bertz CT molecular complexity index is 886. The fourth-order valence-corrected chi connectivity index (χ4v) is 9.48. The zero-order valence-electron chi connectivity index (χ0n) is 23.8. The van der Waals surface area contributed by atoms with Crippen LogP contribution in [0.25, 0.3) is 0 Å². The fourth-order valence-electron chi connectivity index (χ4n) is 9.48. The second kappa shape index (κ2) is 10.1. The molecular weight excluding hydrogens is 452 g/mol. The van der Waals surface area contributed by atoms with Gasteiger partial charge in [0.25, 0.3) is 0 Å². The summed E-state index contributed by atoms with van der Waals surface area (Å²) in [7, 11) is 4.43. The molecule has 204 valence electrons. The van der Waals surface area contributed by atoms with Gasteiger partial charge >= 0.3 is 5.97 Å². The molecule has 1 amide bonds. The van der Waals surface area contributed by atoms with Crippen LogP contribution in [0.2, 0.25) is 0 Å². The van der Waals surface area contributed by atoms with E-state index in [2.05, 4.69) is 45.1 Å². The van der Waals surface area contributed by atoms with E-state index >= 15 is 0 Å². The first kappa shape index (κ1) is 27.6. The van der Waals surface area contributed by atoms with Crippen molar-refractivity contribution in [3.63, 3.8) is 0 Å². The van der Waals surface area contributed by atoms with Crippen LogP contribution in [0, 0.1) is 40.4 Å². The van der Waals surface area contributed by atoms with E-state index in [0.717, 1.165) is 24.7 Å². The predicted molar refractivity (Wildman–Crippen MR) is 142 cm³/mol. The molecule has 11 atom stereocenters. The number of aliphatic hydroxyl groups excluding tert-OH is 1. The highest BCUT2D eigenvalue weighted by Crippen LogP contribution is 2.68. The molecule has 0 spiro atoms. The lowest BCUT2D eigenvalue weighted by molar-refractivity contribution is -0.192. The van der Waals surface area contributed by atoms with Crippen molar-refractivity contribution in [3.8, 4) is 0 Å². The smallest absolute Gasteiger partial charge is 0.302 e. The molecule has 0 aromatic carbocycles. The number of ether oxygens (including phenoxy) is 1. The Kier molecular flexibility index (Phi) is 7.72. The first-order valence-electron chi connectivity index (χ1n) is 14.3. The number of hydrogen-bond donors (Lipinski definition) is 2. The Morgan fingerprint density at radius 2 is 1.67 bits per heavy atom. The van der Waals surface area contributed by atoms with Gasteiger partial charge < -0.3 is 20.1 Å². The average Bonchev–Trinajstić information content (AvgIpc) is 3.16. The Morgan fingerprint density at radius 1 is 1.03 bits per heavy atom. The van der Waals surface area contributed by atoms with Gasteiger partial charge in [0, 0.05) is 18.5 Å². The number of nitrogens with zero attached hydrogens (tertiary/aromatic N) is 1. The molecule has 0 bridgehead atoms. The molecule has 0 aromatic rings. The van der Waals surface area contributed by atoms with Gasteiger partial charge in [-0.25, -0.2) is 0 Å². The summed E-state index contributed by atoms with van der Waals surface area (Å²) in [5, 5.41) is 14.7. The Hall–Kier alpha value is -1.40. The van der Waals surface area contributed by atoms with Crippen molar-refractivity contribution < 1.29 is 19.4 Å². The highest BCUT2D eigenvalue weighted by atomic mass is 16.5. The van der Waals surface area contributed by atoms with Gasteiger partial charge in [-0.15, -0.1) is 0 Å². The third kappa shape index (κ3) is 4.44. The van der Waals surface area contributed by atoms with Gasteiger partial charge in [-0.2, -0.15) is 0 Å². The first-order valence-corrected chi connectivity index (χ1v) is 14.3. The third-order valence-electron chi connectivity index (χ3n) is 11.6. The maximum Gasteiger partial charge on any atom is 0.302 e. The second-order valence-corrected chi connectivity index (χ2v) is 13.3. The number of fused-ring (bicyclic) bond motifs is 5. The normalized spacial score (nSPS) is 45.3. The Balaban J connectivity index is 1.61. The molecule has 5 unspecified atom stereocenters. The molecule has 4 rings (SSSR count). The van der Waals surface area contributed by atoms with Crippen molar-refractivity contribution in [1.29, 1.82) is 0 Å². The molecule has 4 aliphatic rings. The SMILES string of the molecule is C/C=C(\C)C(=O)N[C@H]1[C@@H](OC(C)=O)C[C@]2(C)C3CC[C@@]4(C)C(CC[C@@H]4C(C)N(C)C)C3CCC2[C@H]1O. The Morgan fingerprint density at radius 3 is 2.28 bits per heavy atom. The standard InChI is InChI=1S/C30H50N2O4/c1-9-17(2)28(35)31-26-25(36-19(4)33)16-30(6)23-14-15-29(5)21(18(3)32(7)8)12-13-22(29)20(23)10-11-24(30)27(26)34/h9,18,20-27,34H,10-16H2,1-8H3,(H,31,35)/b17-9+/t18?,20?,21-,22?,23?,24?,25+,26+,27-,29-,30-/m1/s1. The molecular formula is C30H50N2O4. The van der Waals surface area contributed by atoms with Gasteiger partial charge in [-0.05, 0) is 120 Å². The van der Waals surface area contributed by atoms with Crippen LogP contribution < -0.4 is 5.32 Å². The van der Waals surface area contributed by atoms with Crippen molar-refractivity contribution >= 4 is 11.9 Å². The van der Waals surface area contributed by atoms with E-state index in [-0.39, 0.29) is 23.2 Å². The molecule has 4 aliphatic carbocycles. The molecule has 0 aromatic heterocycles. The quantitative estimate of drug-likeness (QED) is 0.426. The summed E-state index contributed by atoms with van der Waals surface area (Å²) in [6.07, 6.45) is 8.39. The summed E-state index contributed by atoms with van der Waals surface area (Å²) in [6.45, 7) is 12.3. The minimum absolute atomic E-state index is 0.101. The van der Waals surface area contributed by atoms with Crippen LogP contribution in [0.1, 0.15) is 86.5 Å². The maximum atomic E-state index is 12.7. The van der Waals surface area contributed by atoms with Crippen LogP contribution in [0.3, 0.4) is 0 Å². The number of hydrogen-bond acceptors (Lipinski definition) is 5. The van der Waals surface area contributed by atoms with Gasteiger partial charge in [-0.3, -0.25) is 9.59 Å². The second-order valence-electron chi connectivity index (χ2n) is 13.3. The van der Waals surface area contributed by atoms with E-state index in [4.69, 9.17) is 4.74 Å². The van der Waals surface area contributed by atoms with Gasteiger partial charge in [0.2, 0.25) is 5.91 Å². The van der Waals surface area contributed by atoms with E-state index in [1.165, 1.54) is 32.6 Å². The first-order chi connectivity index (χ1) is 16.8. The van der Waals surface area contributed by atoms with Crippen LogP contribution in [-0.2, 0) is 14.3 Å². The van der Waals surface area contributed by atoms with Gasteiger partial charge in [0.05, 0.1) is 12.1 Å². The van der Waals surface area contributed by atoms with Crippen LogP contribution in [0.15, 0.2) is 11.6 Å². The molecule has 0 saturated heterocycles. The van der Waals surface area contributed by atoms with Crippen LogP contribution in [0.4, 0.5) is 0 Å². The topological polar surface area (TPSA) is 78.9 Å². The average molecular weight is 503 g/mol. The van der Waals surface area contributed by atoms with Crippen molar-refractivity contribution in [1.82, 2.24) is 10.2 Å². The minimum atomic E-state index is -0.721. The number of aliphatic hydroxyl groups is 1. The fraction of sp³-hybridized carbons (Fsp3) is 0.867.